The van der Waals surface area contributed by atoms with Gasteiger partial charge in [-0.25, -0.2) is 9.97 Å². The fourth-order valence-corrected chi connectivity index (χ4v) is 2.44. The maximum atomic E-state index is 6.01. The van der Waals surface area contributed by atoms with Gasteiger partial charge >= 0.3 is 0 Å². The Kier molecular flexibility index (Phi) is 3.21. The fourth-order valence-electron chi connectivity index (χ4n) is 2.44. The molecular formula is C16H16N4. The van der Waals surface area contributed by atoms with E-state index >= 15 is 0 Å². The Morgan fingerprint density at radius 2 is 1.90 bits per heavy atom. The van der Waals surface area contributed by atoms with Crippen molar-refractivity contribution in [2.24, 2.45) is 0 Å². The molecule has 2 N–H and O–H groups in total. The highest BCUT2D eigenvalue weighted by Crippen LogP contribution is 2.33. The van der Waals surface area contributed by atoms with E-state index in [0.29, 0.717) is 5.69 Å². The second-order valence-electron chi connectivity index (χ2n) is 4.54. The largest absolute Gasteiger partial charge is 0.394 e. The minimum absolute atomic E-state index is 0.585. The van der Waals surface area contributed by atoms with Crippen molar-refractivity contribution in [3.63, 3.8) is 0 Å². The number of hydrogen-bond acceptors (Lipinski definition) is 4. The third kappa shape index (κ3) is 2.05. The molecular weight excluding hydrogens is 248 g/mol. The summed E-state index contributed by atoms with van der Waals surface area (Å²) in [4.78, 5) is 10.4. The van der Waals surface area contributed by atoms with Gasteiger partial charge in [-0.3, -0.25) is 0 Å². The molecule has 0 aliphatic carbocycles. The molecule has 0 aliphatic heterocycles. The molecule has 0 saturated carbocycles. The highest BCUT2D eigenvalue weighted by molar-refractivity contribution is 5.96. The predicted molar refractivity (Wildman–Crippen MR) is 83.1 cm³/mol. The summed E-state index contributed by atoms with van der Waals surface area (Å²) in [6.07, 6.45) is 3.16. The van der Waals surface area contributed by atoms with Crippen LogP contribution in [0, 0.1) is 0 Å². The van der Waals surface area contributed by atoms with Crippen LogP contribution in [0.15, 0.2) is 55.0 Å². The van der Waals surface area contributed by atoms with Gasteiger partial charge in [0.05, 0.1) is 17.6 Å². The van der Waals surface area contributed by atoms with Crippen molar-refractivity contribution in [3.05, 3.63) is 55.0 Å². The second-order valence-corrected chi connectivity index (χ2v) is 4.54. The zero-order valence-corrected chi connectivity index (χ0v) is 11.3. The summed E-state index contributed by atoms with van der Waals surface area (Å²) in [6, 6.07) is 14.6. The van der Waals surface area contributed by atoms with Crippen molar-refractivity contribution < 1.29 is 0 Å². The highest BCUT2D eigenvalue weighted by Gasteiger charge is 2.14. The predicted octanol–water partition coefficient (Wildman–Crippen LogP) is 3.37. The number of rotatable bonds is 3. The Morgan fingerprint density at radius 1 is 1.10 bits per heavy atom. The first-order valence-electron chi connectivity index (χ1n) is 6.62. The van der Waals surface area contributed by atoms with Gasteiger partial charge in [0.1, 0.15) is 6.33 Å². The van der Waals surface area contributed by atoms with Gasteiger partial charge in [-0.15, -0.1) is 0 Å². The highest BCUT2D eigenvalue weighted by atomic mass is 15.2. The van der Waals surface area contributed by atoms with Gasteiger partial charge in [0.15, 0.2) is 5.82 Å². The van der Waals surface area contributed by atoms with Crippen LogP contribution in [-0.4, -0.2) is 16.5 Å². The monoisotopic (exact) mass is 264 g/mol. The zero-order valence-electron chi connectivity index (χ0n) is 11.3. The Balaban J connectivity index is 2.20. The molecule has 4 nitrogen and oxygen atoms in total. The van der Waals surface area contributed by atoms with Gasteiger partial charge in [0.2, 0.25) is 0 Å². The number of fused-ring (bicyclic) bond motifs is 1. The van der Waals surface area contributed by atoms with E-state index in [0.717, 1.165) is 18.1 Å². The van der Waals surface area contributed by atoms with Gasteiger partial charge in [-0.2, -0.15) is 0 Å². The zero-order chi connectivity index (χ0) is 13.9. The lowest BCUT2D eigenvalue weighted by atomic mass is 10.1. The van der Waals surface area contributed by atoms with Gasteiger partial charge in [-0.05, 0) is 18.4 Å². The number of benzene rings is 2. The Labute approximate surface area is 117 Å². The first kappa shape index (κ1) is 12.4. The number of nitrogens with two attached hydrogens (primary N) is 1. The summed E-state index contributed by atoms with van der Waals surface area (Å²) in [5.41, 5.74) is 7.70. The van der Waals surface area contributed by atoms with Crippen LogP contribution in [0.25, 0.3) is 10.8 Å². The molecule has 0 saturated heterocycles. The third-order valence-electron chi connectivity index (χ3n) is 3.35. The van der Waals surface area contributed by atoms with E-state index < -0.39 is 0 Å². The van der Waals surface area contributed by atoms with Crippen molar-refractivity contribution in [2.75, 3.05) is 17.2 Å². The molecule has 100 valence electrons. The minimum Gasteiger partial charge on any atom is -0.394 e. The van der Waals surface area contributed by atoms with E-state index in [1.54, 1.807) is 6.20 Å². The molecule has 0 unspecified atom stereocenters. The standard InChI is InChI=1S/C16H16N4/c1-2-20(16-14(17)10-18-11-19-16)15-9-5-7-12-6-3-4-8-13(12)15/h3-11H,2,17H2,1H3. The summed E-state index contributed by atoms with van der Waals surface area (Å²) in [6.45, 7) is 2.87. The number of nitrogen functional groups attached to an aromatic ring is 1. The van der Waals surface area contributed by atoms with E-state index in [9.17, 15) is 0 Å². The molecule has 3 rings (SSSR count). The Morgan fingerprint density at radius 3 is 2.70 bits per heavy atom. The lowest BCUT2D eigenvalue weighted by Crippen LogP contribution is -2.19. The lowest BCUT2D eigenvalue weighted by Gasteiger charge is -2.24. The van der Waals surface area contributed by atoms with Crippen LogP contribution in [0.5, 0.6) is 0 Å². The molecule has 0 bridgehead atoms. The van der Waals surface area contributed by atoms with Gasteiger partial charge in [0, 0.05) is 11.9 Å². The Hall–Kier alpha value is -2.62. The van der Waals surface area contributed by atoms with Gasteiger partial charge < -0.3 is 10.6 Å². The number of aromatic nitrogens is 2. The van der Waals surface area contributed by atoms with Crippen LogP contribution < -0.4 is 10.6 Å². The summed E-state index contributed by atoms with van der Waals surface area (Å²) in [5.74, 6) is 0.749. The molecule has 0 atom stereocenters. The second kappa shape index (κ2) is 5.17. The molecule has 1 heterocycles. The molecule has 4 heteroatoms. The maximum Gasteiger partial charge on any atom is 0.159 e. The fraction of sp³-hybridized carbons (Fsp3) is 0.125. The quantitative estimate of drug-likeness (QED) is 0.788. The van der Waals surface area contributed by atoms with Crippen LogP contribution in [0.4, 0.5) is 17.2 Å². The summed E-state index contributed by atoms with van der Waals surface area (Å²) < 4.78 is 0. The number of anilines is 3. The molecule has 0 amide bonds. The molecule has 1 aromatic heterocycles. The van der Waals surface area contributed by atoms with Crippen molar-refractivity contribution in [3.8, 4) is 0 Å². The van der Waals surface area contributed by atoms with Crippen LogP contribution in [0.2, 0.25) is 0 Å². The summed E-state index contributed by atoms with van der Waals surface area (Å²) >= 11 is 0. The summed E-state index contributed by atoms with van der Waals surface area (Å²) in [5, 5.41) is 2.39. The molecule has 0 radical (unpaired) electrons. The summed E-state index contributed by atoms with van der Waals surface area (Å²) in [7, 11) is 0. The molecule has 0 aliphatic rings. The van der Waals surface area contributed by atoms with E-state index in [2.05, 4.69) is 52.1 Å². The first-order valence-corrected chi connectivity index (χ1v) is 6.62. The normalized spacial score (nSPS) is 10.7. The van der Waals surface area contributed by atoms with Crippen molar-refractivity contribution in [2.45, 2.75) is 6.92 Å². The molecule has 0 spiro atoms. The SMILES string of the molecule is CCN(c1ncncc1N)c1cccc2ccccc12. The van der Waals surface area contributed by atoms with E-state index in [-0.39, 0.29) is 0 Å². The van der Waals surface area contributed by atoms with Crippen molar-refractivity contribution >= 4 is 28.0 Å². The van der Waals surface area contributed by atoms with Crippen LogP contribution in [0.1, 0.15) is 6.92 Å². The first-order chi connectivity index (χ1) is 9.81. The average molecular weight is 264 g/mol. The van der Waals surface area contributed by atoms with Gasteiger partial charge in [0.25, 0.3) is 0 Å². The van der Waals surface area contributed by atoms with Crippen molar-refractivity contribution in [1.82, 2.24) is 9.97 Å². The molecule has 3 aromatic rings. The third-order valence-corrected chi connectivity index (χ3v) is 3.35. The van der Waals surface area contributed by atoms with E-state index in [1.165, 1.54) is 17.1 Å². The topological polar surface area (TPSA) is 55.0 Å². The van der Waals surface area contributed by atoms with Crippen LogP contribution in [0.3, 0.4) is 0 Å². The number of hydrogen-bond donors (Lipinski definition) is 1. The maximum absolute atomic E-state index is 6.01. The molecule has 0 fully saturated rings. The molecule has 2 aromatic carbocycles. The Bertz CT molecular complexity index is 734. The molecule has 20 heavy (non-hydrogen) atoms. The van der Waals surface area contributed by atoms with Crippen LogP contribution >= 0.6 is 0 Å². The smallest absolute Gasteiger partial charge is 0.159 e. The van der Waals surface area contributed by atoms with Crippen LogP contribution in [-0.2, 0) is 0 Å². The van der Waals surface area contributed by atoms with E-state index in [4.69, 9.17) is 5.73 Å². The van der Waals surface area contributed by atoms with Crippen molar-refractivity contribution in [1.29, 1.82) is 0 Å². The lowest BCUT2D eigenvalue weighted by molar-refractivity contribution is 0.984. The van der Waals surface area contributed by atoms with E-state index in [1.807, 2.05) is 12.1 Å². The average Bonchev–Trinajstić information content (AvgIpc) is 2.50. The number of nitrogens with zero attached hydrogens (tertiary/aromatic N) is 3. The minimum atomic E-state index is 0.585. The van der Waals surface area contributed by atoms with Gasteiger partial charge in [-0.1, -0.05) is 36.4 Å².